The lowest BCUT2D eigenvalue weighted by molar-refractivity contribution is 0.145. The van der Waals surface area contributed by atoms with Crippen molar-refractivity contribution in [3.63, 3.8) is 0 Å². The topological polar surface area (TPSA) is 43.5 Å². The number of aromatic nitrogens is 1. The summed E-state index contributed by atoms with van der Waals surface area (Å²) >= 11 is 1.62. The van der Waals surface area contributed by atoms with Gasteiger partial charge in [0.05, 0.1) is 6.61 Å². The molecule has 0 bridgehead atoms. The van der Waals surface area contributed by atoms with Gasteiger partial charge in [-0.15, -0.1) is 0 Å². The summed E-state index contributed by atoms with van der Waals surface area (Å²) in [6.45, 7) is 6.55. The molecule has 0 unspecified atom stereocenters. The van der Waals surface area contributed by atoms with Crippen molar-refractivity contribution in [3.8, 4) is 16.9 Å². The maximum Gasteiger partial charge on any atom is 0.119 e. The number of rotatable bonds is 9. The first-order valence-corrected chi connectivity index (χ1v) is 12.8. The van der Waals surface area contributed by atoms with Crippen LogP contribution in [0.15, 0.2) is 83.9 Å². The summed E-state index contributed by atoms with van der Waals surface area (Å²) in [4.78, 5) is 9.44. The van der Waals surface area contributed by atoms with Gasteiger partial charge in [-0.1, -0.05) is 30.3 Å². The van der Waals surface area contributed by atoms with Crippen LogP contribution in [0.3, 0.4) is 0 Å². The van der Waals surface area contributed by atoms with E-state index in [1.54, 1.807) is 11.9 Å². The number of hydrogen-bond donors (Lipinski definition) is 2. The largest absolute Gasteiger partial charge is 0.494 e. The number of aromatic amines is 1. The number of anilines is 1. The van der Waals surface area contributed by atoms with E-state index in [1.165, 1.54) is 42.7 Å². The Kier molecular flexibility index (Phi) is 7.39. The third kappa shape index (κ3) is 5.76. The Balaban J connectivity index is 1.10. The number of hydrogen-bond acceptors (Lipinski definition) is 5. The molecule has 1 aliphatic rings. The van der Waals surface area contributed by atoms with Crippen molar-refractivity contribution in [2.75, 3.05) is 51.1 Å². The van der Waals surface area contributed by atoms with Gasteiger partial charge in [-0.3, -0.25) is 0 Å². The van der Waals surface area contributed by atoms with Gasteiger partial charge in [-0.05, 0) is 73.4 Å². The van der Waals surface area contributed by atoms with Gasteiger partial charge in [-0.2, -0.15) is 0 Å². The minimum atomic E-state index is 0.762. The summed E-state index contributed by atoms with van der Waals surface area (Å²) in [6.07, 6.45) is 3.15. The summed E-state index contributed by atoms with van der Waals surface area (Å²) in [5, 5.41) is 1.24. The van der Waals surface area contributed by atoms with Crippen LogP contribution in [0.2, 0.25) is 0 Å². The summed E-state index contributed by atoms with van der Waals surface area (Å²) in [7, 11) is 2.19. The monoisotopic (exact) mass is 472 g/mol. The fraction of sp³-hybridized carbons (Fsp3) is 0.286. The summed E-state index contributed by atoms with van der Waals surface area (Å²) in [5.74, 6) is 0.934. The molecule has 1 aliphatic heterocycles. The Morgan fingerprint density at radius 2 is 1.76 bits per heavy atom. The van der Waals surface area contributed by atoms with E-state index in [4.69, 9.17) is 4.74 Å². The zero-order valence-corrected chi connectivity index (χ0v) is 20.5. The van der Waals surface area contributed by atoms with Gasteiger partial charge in [-0.25, -0.2) is 0 Å². The minimum absolute atomic E-state index is 0.762. The van der Waals surface area contributed by atoms with Crippen LogP contribution in [0.25, 0.3) is 22.0 Å². The first kappa shape index (κ1) is 22.8. The first-order valence-electron chi connectivity index (χ1n) is 12.0. The van der Waals surface area contributed by atoms with Crippen LogP contribution in [-0.4, -0.2) is 61.2 Å². The Labute approximate surface area is 206 Å². The quantitative estimate of drug-likeness (QED) is 0.232. The predicted molar refractivity (Wildman–Crippen MR) is 144 cm³/mol. The highest BCUT2D eigenvalue weighted by molar-refractivity contribution is 8.00. The van der Waals surface area contributed by atoms with E-state index in [0.29, 0.717) is 0 Å². The molecule has 5 nitrogen and oxygen atoms in total. The number of benzene rings is 3. The molecular weight excluding hydrogens is 440 g/mol. The van der Waals surface area contributed by atoms with Crippen LogP contribution in [-0.2, 0) is 0 Å². The van der Waals surface area contributed by atoms with Gasteiger partial charge in [0.15, 0.2) is 0 Å². The van der Waals surface area contributed by atoms with Crippen LogP contribution >= 0.6 is 11.9 Å². The number of piperazine rings is 1. The molecule has 6 heteroatoms. The average Bonchev–Trinajstić information content (AvgIpc) is 3.32. The maximum atomic E-state index is 5.96. The summed E-state index contributed by atoms with van der Waals surface area (Å²) in [5.41, 5.74) is 4.66. The second kappa shape index (κ2) is 11.0. The fourth-order valence-corrected chi connectivity index (χ4v) is 4.97. The summed E-state index contributed by atoms with van der Waals surface area (Å²) < 4.78 is 9.44. The van der Waals surface area contributed by atoms with Gasteiger partial charge in [0.2, 0.25) is 0 Å². The zero-order valence-electron chi connectivity index (χ0n) is 19.7. The van der Waals surface area contributed by atoms with Gasteiger partial charge in [0, 0.05) is 66.0 Å². The maximum absolute atomic E-state index is 5.96. The van der Waals surface area contributed by atoms with Crippen molar-refractivity contribution >= 4 is 28.5 Å². The Hall–Kier alpha value is -2.93. The lowest BCUT2D eigenvalue weighted by atomic mass is 10.0. The van der Waals surface area contributed by atoms with Crippen molar-refractivity contribution in [1.29, 1.82) is 0 Å². The van der Waals surface area contributed by atoms with E-state index in [9.17, 15) is 0 Å². The molecule has 34 heavy (non-hydrogen) atoms. The standard InChI is InChI=1S/C28H32N4OS/c1-31-15-17-32(18-16-31)14-5-19-33-24-10-12-25(13-11-24)34-30-23-7-4-6-22(20-23)27-21-29-28-9-3-2-8-26(27)28/h2-4,6-13,20-21,29-30H,5,14-19H2,1H3. The molecule has 5 rings (SSSR count). The molecule has 0 spiro atoms. The van der Waals surface area contributed by atoms with Gasteiger partial charge < -0.3 is 24.2 Å². The smallest absolute Gasteiger partial charge is 0.119 e. The van der Waals surface area contributed by atoms with Gasteiger partial charge in [0.1, 0.15) is 5.75 Å². The lowest BCUT2D eigenvalue weighted by Crippen LogP contribution is -2.44. The average molecular weight is 473 g/mol. The van der Waals surface area contributed by atoms with Crippen molar-refractivity contribution in [1.82, 2.24) is 14.8 Å². The molecule has 0 radical (unpaired) electrons. The molecule has 176 valence electrons. The zero-order chi connectivity index (χ0) is 23.2. The van der Waals surface area contributed by atoms with Gasteiger partial charge in [0.25, 0.3) is 0 Å². The van der Waals surface area contributed by atoms with Crippen LogP contribution in [0.5, 0.6) is 5.75 Å². The van der Waals surface area contributed by atoms with Crippen molar-refractivity contribution < 1.29 is 4.74 Å². The highest BCUT2D eigenvalue weighted by atomic mass is 32.2. The SMILES string of the molecule is CN1CCN(CCCOc2ccc(SNc3cccc(-c4c[nH]c5ccccc45)c3)cc2)CC1. The minimum Gasteiger partial charge on any atom is -0.494 e. The molecule has 0 amide bonds. The Morgan fingerprint density at radius 3 is 2.62 bits per heavy atom. The van der Waals surface area contributed by atoms with E-state index in [0.717, 1.165) is 41.4 Å². The highest BCUT2D eigenvalue weighted by Gasteiger charge is 2.13. The Bertz CT molecular complexity index is 1200. The van der Waals surface area contributed by atoms with Crippen LogP contribution < -0.4 is 9.46 Å². The van der Waals surface area contributed by atoms with Crippen molar-refractivity contribution in [2.45, 2.75) is 11.3 Å². The molecule has 4 aromatic rings. The van der Waals surface area contributed by atoms with E-state index < -0.39 is 0 Å². The molecule has 1 fully saturated rings. The van der Waals surface area contributed by atoms with E-state index in [-0.39, 0.29) is 0 Å². The molecule has 0 saturated carbocycles. The normalized spacial score (nSPS) is 15.0. The molecule has 2 heterocycles. The van der Waals surface area contributed by atoms with Crippen LogP contribution in [0.1, 0.15) is 6.42 Å². The molecule has 1 saturated heterocycles. The van der Waals surface area contributed by atoms with Crippen LogP contribution in [0, 0.1) is 0 Å². The van der Waals surface area contributed by atoms with Crippen LogP contribution in [0.4, 0.5) is 5.69 Å². The number of nitrogens with zero attached hydrogens (tertiary/aromatic N) is 2. The molecule has 2 N–H and O–H groups in total. The third-order valence-electron chi connectivity index (χ3n) is 6.36. The molecule has 3 aromatic carbocycles. The molecular formula is C28H32N4OS. The Morgan fingerprint density at radius 1 is 0.941 bits per heavy atom. The lowest BCUT2D eigenvalue weighted by Gasteiger charge is -2.32. The van der Waals surface area contributed by atoms with E-state index in [1.807, 2.05) is 0 Å². The number of likely N-dealkylation sites (N-methyl/N-ethyl adjacent to an activating group) is 1. The number of fused-ring (bicyclic) bond motifs is 1. The summed E-state index contributed by atoms with van der Waals surface area (Å²) in [6, 6.07) is 25.3. The molecule has 1 aromatic heterocycles. The molecule has 0 aliphatic carbocycles. The fourth-order valence-electron chi connectivity index (χ4n) is 4.33. The van der Waals surface area contributed by atoms with Gasteiger partial charge >= 0.3 is 0 Å². The number of nitrogens with one attached hydrogen (secondary N) is 2. The first-order chi connectivity index (χ1) is 16.7. The highest BCUT2D eigenvalue weighted by Crippen LogP contribution is 2.31. The van der Waals surface area contributed by atoms with Crippen molar-refractivity contribution in [3.05, 3.63) is 79.0 Å². The predicted octanol–water partition coefficient (Wildman–Crippen LogP) is 5.97. The second-order valence-electron chi connectivity index (χ2n) is 8.85. The second-order valence-corrected chi connectivity index (χ2v) is 9.73. The van der Waals surface area contributed by atoms with E-state index >= 15 is 0 Å². The molecule has 0 atom stereocenters. The number of H-pyrrole nitrogens is 1. The third-order valence-corrected chi connectivity index (χ3v) is 7.20. The number of ether oxygens (including phenoxy) is 1. The van der Waals surface area contributed by atoms with E-state index in [2.05, 4.69) is 106 Å². The number of para-hydroxylation sites is 1. The van der Waals surface area contributed by atoms with Crippen molar-refractivity contribution in [2.24, 2.45) is 0 Å².